The van der Waals surface area contributed by atoms with Gasteiger partial charge in [-0.15, -0.1) is 11.3 Å². The number of pyridine rings is 1. The molecule has 1 N–H and O–H groups in total. The molecule has 0 spiro atoms. The lowest BCUT2D eigenvalue weighted by Crippen LogP contribution is -2.28. The normalized spacial score (nSPS) is 15.8. The predicted molar refractivity (Wildman–Crippen MR) is 131 cm³/mol. The average Bonchev–Trinajstić information content (AvgIpc) is 3.48. The number of thioether (sulfide) groups is 1. The highest BCUT2D eigenvalue weighted by Gasteiger charge is 2.22. The Labute approximate surface area is 197 Å². The summed E-state index contributed by atoms with van der Waals surface area (Å²) in [4.78, 5) is 36.1. The fourth-order valence-electron chi connectivity index (χ4n) is 3.87. The van der Waals surface area contributed by atoms with E-state index in [-0.39, 0.29) is 23.3 Å². The van der Waals surface area contributed by atoms with E-state index in [0.29, 0.717) is 40.0 Å². The highest BCUT2D eigenvalue weighted by Crippen LogP contribution is 2.31. The Morgan fingerprint density at radius 3 is 3.03 bits per heavy atom. The summed E-state index contributed by atoms with van der Waals surface area (Å²) in [5.74, 6) is 0.476. The Balaban J connectivity index is 1.46. The molecular formula is C23H22N4O4S2. The first-order valence-corrected chi connectivity index (χ1v) is 12.4. The number of thiophene rings is 1. The first kappa shape index (κ1) is 21.9. The molecule has 170 valence electrons. The lowest BCUT2D eigenvalue weighted by atomic mass is 10.2. The van der Waals surface area contributed by atoms with Crippen LogP contribution in [0.15, 0.2) is 52.5 Å². The molecule has 0 saturated carbocycles. The maximum atomic E-state index is 13.4. The Hall–Kier alpha value is -2.95. The van der Waals surface area contributed by atoms with E-state index in [4.69, 9.17) is 14.5 Å². The molecule has 33 heavy (non-hydrogen) atoms. The first-order chi connectivity index (χ1) is 16.1. The van der Waals surface area contributed by atoms with Crippen molar-refractivity contribution in [3.8, 4) is 5.75 Å². The zero-order valence-electron chi connectivity index (χ0n) is 17.9. The van der Waals surface area contributed by atoms with E-state index in [0.717, 1.165) is 23.1 Å². The van der Waals surface area contributed by atoms with Crippen molar-refractivity contribution in [1.82, 2.24) is 14.5 Å². The van der Waals surface area contributed by atoms with Crippen molar-refractivity contribution in [2.24, 2.45) is 0 Å². The Morgan fingerprint density at radius 1 is 1.33 bits per heavy atom. The minimum absolute atomic E-state index is 0.0313. The monoisotopic (exact) mass is 482 g/mol. The van der Waals surface area contributed by atoms with E-state index in [1.807, 2.05) is 24.3 Å². The van der Waals surface area contributed by atoms with Crippen molar-refractivity contribution in [3.05, 3.63) is 52.9 Å². The molecule has 1 aliphatic heterocycles. The number of carbonyl (C=O) groups excluding carboxylic acids is 1. The van der Waals surface area contributed by atoms with E-state index in [1.54, 1.807) is 30.0 Å². The minimum atomic E-state index is -0.209. The fraction of sp³-hybridized carbons (Fsp3) is 0.304. The lowest BCUT2D eigenvalue weighted by molar-refractivity contribution is -0.113. The van der Waals surface area contributed by atoms with Crippen LogP contribution in [0.4, 0.5) is 5.69 Å². The van der Waals surface area contributed by atoms with Crippen LogP contribution in [0.3, 0.4) is 0 Å². The number of hydrogen-bond acceptors (Lipinski definition) is 8. The number of anilines is 1. The average molecular weight is 483 g/mol. The molecule has 8 nitrogen and oxygen atoms in total. The van der Waals surface area contributed by atoms with Crippen LogP contribution in [-0.4, -0.2) is 46.0 Å². The van der Waals surface area contributed by atoms with Gasteiger partial charge in [-0.05, 0) is 37.1 Å². The smallest absolute Gasteiger partial charge is 0.272 e. The number of nitrogens with one attached hydrogen (secondary N) is 1. The number of rotatable bonds is 7. The number of para-hydroxylation sites is 2. The third-order valence-electron chi connectivity index (χ3n) is 5.44. The topological polar surface area (TPSA) is 95.3 Å². The molecule has 1 aromatic carbocycles. The van der Waals surface area contributed by atoms with Crippen molar-refractivity contribution >= 4 is 55.1 Å². The zero-order valence-corrected chi connectivity index (χ0v) is 19.6. The van der Waals surface area contributed by atoms with Crippen LogP contribution in [-0.2, 0) is 16.1 Å². The molecule has 1 amide bonds. The molecule has 3 aromatic heterocycles. The van der Waals surface area contributed by atoms with Gasteiger partial charge in [0.05, 0.1) is 36.7 Å². The Bertz CT molecular complexity index is 1380. The predicted octanol–water partition coefficient (Wildman–Crippen LogP) is 3.92. The number of methoxy groups -OCH3 is 1. The lowest BCUT2D eigenvalue weighted by Gasteiger charge is -2.16. The van der Waals surface area contributed by atoms with E-state index >= 15 is 0 Å². The summed E-state index contributed by atoms with van der Waals surface area (Å²) in [5, 5.41) is 4.22. The van der Waals surface area contributed by atoms with Gasteiger partial charge < -0.3 is 14.8 Å². The summed E-state index contributed by atoms with van der Waals surface area (Å²) in [5.41, 5.74) is 1.11. The maximum Gasteiger partial charge on any atom is 0.272 e. The van der Waals surface area contributed by atoms with Crippen molar-refractivity contribution in [2.75, 3.05) is 24.8 Å². The van der Waals surface area contributed by atoms with Crippen LogP contribution in [0, 0.1) is 0 Å². The second-order valence-electron chi connectivity index (χ2n) is 7.62. The Kier molecular flexibility index (Phi) is 6.30. The van der Waals surface area contributed by atoms with Gasteiger partial charge in [-0.3, -0.25) is 14.2 Å². The SMILES string of the molecule is COc1ccccc1NC(=O)CSc1nc2c(sc3ncccc32)c(=O)n1C[C@H]1CCCO1. The van der Waals surface area contributed by atoms with Gasteiger partial charge in [-0.2, -0.15) is 0 Å². The number of fused-ring (bicyclic) bond motifs is 3. The third kappa shape index (κ3) is 4.46. The number of nitrogens with zero attached hydrogens (tertiary/aromatic N) is 3. The fourth-order valence-corrected chi connectivity index (χ4v) is 5.70. The number of carbonyl (C=O) groups is 1. The molecule has 0 aliphatic carbocycles. The molecule has 0 unspecified atom stereocenters. The van der Waals surface area contributed by atoms with Gasteiger partial charge in [0.25, 0.3) is 5.56 Å². The first-order valence-electron chi connectivity index (χ1n) is 10.6. The quantitative estimate of drug-likeness (QED) is 0.315. The van der Waals surface area contributed by atoms with Crippen molar-refractivity contribution in [1.29, 1.82) is 0 Å². The summed E-state index contributed by atoms with van der Waals surface area (Å²) in [6, 6.07) is 11.0. The van der Waals surface area contributed by atoms with E-state index in [1.165, 1.54) is 23.1 Å². The van der Waals surface area contributed by atoms with E-state index in [2.05, 4.69) is 10.3 Å². The number of aromatic nitrogens is 3. The highest BCUT2D eigenvalue weighted by molar-refractivity contribution is 7.99. The van der Waals surface area contributed by atoms with Gasteiger partial charge >= 0.3 is 0 Å². The maximum absolute atomic E-state index is 13.4. The summed E-state index contributed by atoms with van der Waals surface area (Å²) in [7, 11) is 1.56. The van der Waals surface area contributed by atoms with Crippen LogP contribution < -0.4 is 15.6 Å². The number of hydrogen-bond donors (Lipinski definition) is 1. The summed E-state index contributed by atoms with van der Waals surface area (Å²) < 4.78 is 13.3. The third-order valence-corrected chi connectivity index (χ3v) is 7.51. The summed E-state index contributed by atoms with van der Waals surface area (Å²) >= 11 is 2.59. The van der Waals surface area contributed by atoms with Crippen LogP contribution in [0.5, 0.6) is 5.75 Å². The molecule has 1 saturated heterocycles. The van der Waals surface area contributed by atoms with E-state index < -0.39 is 0 Å². The molecule has 1 fully saturated rings. The van der Waals surface area contributed by atoms with Gasteiger partial charge in [0.1, 0.15) is 15.3 Å². The molecule has 1 atom stereocenters. The van der Waals surface area contributed by atoms with Crippen LogP contribution in [0.2, 0.25) is 0 Å². The molecule has 4 heterocycles. The van der Waals surface area contributed by atoms with Crippen molar-refractivity contribution in [3.63, 3.8) is 0 Å². The van der Waals surface area contributed by atoms with Crippen molar-refractivity contribution < 1.29 is 14.3 Å². The number of benzene rings is 1. The second kappa shape index (κ2) is 9.50. The largest absolute Gasteiger partial charge is 0.495 e. The number of amides is 1. The second-order valence-corrected chi connectivity index (χ2v) is 9.56. The highest BCUT2D eigenvalue weighted by atomic mass is 32.2. The van der Waals surface area contributed by atoms with Crippen LogP contribution in [0.25, 0.3) is 20.4 Å². The summed E-state index contributed by atoms with van der Waals surface area (Å²) in [6.45, 7) is 1.12. The molecule has 4 aromatic rings. The van der Waals surface area contributed by atoms with Gasteiger partial charge in [0.15, 0.2) is 5.16 Å². The zero-order chi connectivity index (χ0) is 22.8. The van der Waals surface area contributed by atoms with Gasteiger partial charge in [-0.25, -0.2) is 9.97 Å². The minimum Gasteiger partial charge on any atom is -0.495 e. The van der Waals surface area contributed by atoms with Gasteiger partial charge in [-0.1, -0.05) is 23.9 Å². The molecular weight excluding hydrogens is 460 g/mol. The molecule has 10 heteroatoms. The standard InChI is InChI=1S/C23H22N4O4S2/c1-30-17-9-3-2-8-16(17)25-18(28)13-32-23-26-19-15-7-4-10-24-21(15)33-20(19)22(29)27(23)12-14-6-5-11-31-14/h2-4,7-10,14H,5-6,11-13H2,1H3,(H,25,28)/t14-/m1/s1. The Morgan fingerprint density at radius 2 is 2.21 bits per heavy atom. The van der Waals surface area contributed by atoms with Crippen molar-refractivity contribution in [2.45, 2.75) is 30.6 Å². The number of ether oxygens (including phenoxy) is 2. The molecule has 1 aliphatic rings. The van der Waals surface area contributed by atoms with Gasteiger partial charge in [0, 0.05) is 18.2 Å². The van der Waals surface area contributed by atoms with E-state index in [9.17, 15) is 9.59 Å². The summed E-state index contributed by atoms with van der Waals surface area (Å²) in [6.07, 6.45) is 3.56. The van der Waals surface area contributed by atoms with Crippen LogP contribution >= 0.6 is 23.1 Å². The van der Waals surface area contributed by atoms with Crippen LogP contribution in [0.1, 0.15) is 12.8 Å². The van der Waals surface area contributed by atoms with Gasteiger partial charge in [0.2, 0.25) is 5.91 Å². The molecule has 5 rings (SSSR count). The molecule has 0 radical (unpaired) electrons. The molecule has 0 bridgehead atoms.